The van der Waals surface area contributed by atoms with Gasteiger partial charge in [-0.1, -0.05) is 18.2 Å². The van der Waals surface area contributed by atoms with Crippen molar-refractivity contribution < 1.29 is 24.2 Å². The third-order valence-corrected chi connectivity index (χ3v) is 5.21. The van der Waals surface area contributed by atoms with Crippen molar-refractivity contribution in [2.45, 2.75) is 13.0 Å². The smallest absolute Gasteiger partial charge is 0.317 e. The van der Waals surface area contributed by atoms with E-state index in [-0.39, 0.29) is 30.8 Å². The molecule has 0 aliphatic carbocycles. The lowest BCUT2D eigenvalue weighted by atomic mass is 10.0. The van der Waals surface area contributed by atoms with E-state index in [1.165, 1.54) is 0 Å². The second-order valence-corrected chi connectivity index (χ2v) is 7.40. The molecule has 3 amide bonds. The van der Waals surface area contributed by atoms with E-state index >= 15 is 0 Å². The summed E-state index contributed by atoms with van der Waals surface area (Å²) in [5, 5.41) is 14.7. The van der Waals surface area contributed by atoms with E-state index in [2.05, 4.69) is 15.5 Å². The average molecular weight is 404 g/mol. The Morgan fingerprint density at radius 1 is 1.24 bits per heavy atom. The minimum absolute atomic E-state index is 0.000449. The molecule has 2 heterocycles. The van der Waals surface area contributed by atoms with Crippen molar-refractivity contribution in [3.05, 3.63) is 35.4 Å². The lowest BCUT2D eigenvalue weighted by Crippen LogP contribution is -2.51. The minimum atomic E-state index is -0.883. The van der Waals surface area contributed by atoms with E-state index in [4.69, 9.17) is 9.84 Å². The Hall–Kier alpha value is -2.65. The van der Waals surface area contributed by atoms with Gasteiger partial charge in [-0.15, -0.1) is 0 Å². The minimum Gasteiger partial charge on any atom is -0.481 e. The van der Waals surface area contributed by atoms with E-state index in [1.54, 1.807) is 17.0 Å². The highest BCUT2D eigenvalue weighted by Crippen LogP contribution is 2.17. The second kappa shape index (κ2) is 10.2. The molecule has 2 saturated heterocycles. The zero-order valence-electron chi connectivity index (χ0n) is 16.4. The molecule has 3 rings (SSSR count). The van der Waals surface area contributed by atoms with Gasteiger partial charge >= 0.3 is 12.0 Å². The molecule has 0 aromatic heterocycles. The average Bonchev–Trinajstić information content (AvgIpc) is 2.71. The van der Waals surface area contributed by atoms with Gasteiger partial charge < -0.3 is 25.4 Å². The number of carbonyl (C=O) groups is 3. The first-order valence-corrected chi connectivity index (χ1v) is 9.93. The SMILES string of the molecule is O=C(O)CC1CNC(=O)N(Cc2ccccc2C(=O)NCCN2CCOCC2)C1. The van der Waals surface area contributed by atoms with Gasteiger partial charge in [0.25, 0.3) is 5.91 Å². The summed E-state index contributed by atoms with van der Waals surface area (Å²) in [6.07, 6.45) is 0.000449. The Morgan fingerprint density at radius 2 is 2.00 bits per heavy atom. The number of nitrogens with one attached hydrogen (secondary N) is 2. The Bertz CT molecular complexity index is 735. The van der Waals surface area contributed by atoms with E-state index in [0.717, 1.165) is 38.4 Å². The van der Waals surface area contributed by atoms with Crippen LogP contribution in [0.3, 0.4) is 0 Å². The van der Waals surface area contributed by atoms with E-state index in [9.17, 15) is 14.4 Å². The quantitative estimate of drug-likeness (QED) is 0.577. The number of benzene rings is 1. The summed E-state index contributed by atoms with van der Waals surface area (Å²) >= 11 is 0. The Kier molecular flexibility index (Phi) is 7.42. The largest absolute Gasteiger partial charge is 0.481 e. The molecule has 9 heteroatoms. The molecule has 1 unspecified atom stereocenters. The van der Waals surface area contributed by atoms with Crippen LogP contribution in [0.5, 0.6) is 0 Å². The zero-order valence-corrected chi connectivity index (χ0v) is 16.4. The fourth-order valence-electron chi connectivity index (χ4n) is 3.66. The third kappa shape index (κ3) is 6.16. The van der Waals surface area contributed by atoms with Gasteiger partial charge in [0.05, 0.1) is 19.6 Å². The standard InChI is InChI=1S/C20H28N4O5/c25-18(26)11-15-12-22-20(28)24(13-15)14-16-3-1-2-4-17(16)19(27)21-5-6-23-7-9-29-10-8-23/h1-4,15H,5-14H2,(H,21,27)(H,22,28)(H,25,26). The predicted octanol–water partition coefficient (Wildman–Crippen LogP) is 0.365. The molecule has 2 aliphatic heterocycles. The molecule has 158 valence electrons. The van der Waals surface area contributed by atoms with Gasteiger partial charge in [-0.25, -0.2) is 4.79 Å². The summed E-state index contributed by atoms with van der Waals surface area (Å²) in [6, 6.07) is 6.95. The van der Waals surface area contributed by atoms with Crippen LogP contribution < -0.4 is 10.6 Å². The topological polar surface area (TPSA) is 111 Å². The Labute approximate surface area is 170 Å². The highest BCUT2D eigenvalue weighted by Gasteiger charge is 2.27. The van der Waals surface area contributed by atoms with Crippen LogP contribution in [0.15, 0.2) is 24.3 Å². The van der Waals surface area contributed by atoms with Crippen molar-refractivity contribution in [2.24, 2.45) is 5.92 Å². The van der Waals surface area contributed by atoms with Gasteiger partial charge in [-0.05, 0) is 11.6 Å². The number of ether oxygens (including phenoxy) is 1. The lowest BCUT2D eigenvalue weighted by Gasteiger charge is -2.33. The van der Waals surface area contributed by atoms with Crippen molar-refractivity contribution in [3.63, 3.8) is 0 Å². The number of urea groups is 1. The Balaban J connectivity index is 1.58. The fraction of sp³-hybridized carbons (Fsp3) is 0.550. The highest BCUT2D eigenvalue weighted by atomic mass is 16.5. The monoisotopic (exact) mass is 404 g/mol. The van der Waals surface area contributed by atoms with Crippen molar-refractivity contribution >= 4 is 17.9 Å². The van der Waals surface area contributed by atoms with Crippen LogP contribution in [-0.2, 0) is 16.1 Å². The summed E-state index contributed by atoms with van der Waals surface area (Å²) in [6.45, 7) is 5.45. The van der Waals surface area contributed by atoms with Gasteiger partial charge in [-0.2, -0.15) is 0 Å². The maximum absolute atomic E-state index is 12.7. The zero-order chi connectivity index (χ0) is 20.6. The van der Waals surface area contributed by atoms with Crippen LogP contribution in [0.25, 0.3) is 0 Å². The van der Waals surface area contributed by atoms with E-state index in [1.807, 2.05) is 12.1 Å². The molecule has 1 atom stereocenters. The fourth-order valence-corrected chi connectivity index (χ4v) is 3.66. The van der Waals surface area contributed by atoms with Gasteiger partial charge in [0.1, 0.15) is 0 Å². The molecular weight excluding hydrogens is 376 g/mol. The number of nitrogens with zero attached hydrogens (tertiary/aromatic N) is 2. The number of aliphatic carboxylic acids is 1. The lowest BCUT2D eigenvalue weighted by molar-refractivity contribution is -0.138. The molecule has 0 radical (unpaired) electrons. The van der Waals surface area contributed by atoms with Gasteiger partial charge in [0.2, 0.25) is 0 Å². The van der Waals surface area contributed by atoms with Crippen LogP contribution in [0.4, 0.5) is 4.79 Å². The first kappa shape index (κ1) is 21.1. The molecule has 2 aliphatic rings. The summed E-state index contributed by atoms with van der Waals surface area (Å²) in [4.78, 5) is 39.7. The Morgan fingerprint density at radius 3 is 2.76 bits per heavy atom. The molecule has 9 nitrogen and oxygen atoms in total. The van der Waals surface area contributed by atoms with Crippen LogP contribution in [0.1, 0.15) is 22.3 Å². The molecule has 1 aromatic rings. The van der Waals surface area contributed by atoms with Crippen molar-refractivity contribution in [1.82, 2.24) is 20.4 Å². The molecule has 2 fully saturated rings. The van der Waals surface area contributed by atoms with Gasteiger partial charge in [-0.3, -0.25) is 14.5 Å². The maximum Gasteiger partial charge on any atom is 0.317 e. The summed E-state index contributed by atoms with van der Waals surface area (Å²) < 4.78 is 5.32. The van der Waals surface area contributed by atoms with E-state index < -0.39 is 5.97 Å². The van der Waals surface area contributed by atoms with Crippen LogP contribution in [0.2, 0.25) is 0 Å². The number of hydrogen-bond acceptors (Lipinski definition) is 5. The van der Waals surface area contributed by atoms with Crippen LogP contribution in [0, 0.1) is 5.92 Å². The van der Waals surface area contributed by atoms with Crippen molar-refractivity contribution in [2.75, 3.05) is 52.5 Å². The molecule has 29 heavy (non-hydrogen) atoms. The van der Waals surface area contributed by atoms with Gasteiger partial charge in [0, 0.05) is 57.3 Å². The van der Waals surface area contributed by atoms with Crippen molar-refractivity contribution in [3.8, 4) is 0 Å². The summed E-state index contributed by atoms with van der Waals surface area (Å²) in [5.41, 5.74) is 1.27. The molecule has 3 N–H and O–H groups in total. The van der Waals surface area contributed by atoms with Crippen LogP contribution in [-0.4, -0.2) is 85.3 Å². The third-order valence-electron chi connectivity index (χ3n) is 5.21. The molecule has 1 aromatic carbocycles. The number of rotatable bonds is 8. The highest BCUT2D eigenvalue weighted by molar-refractivity contribution is 5.95. The molecule has 0 saturated carbocycles. The number of hydrogen-bond donors (Lipinski definition) is 3. The molecule has 0 bridgehead atoms. The van der Waals surface area contributed by atoms with E-state index in [0.29, 0.717) is 25.2 Å². The summed E-state index contributed by atoms with van der Waals surface area (Å²) in [5.74, 6) is -1.21. The first-order chi connectivity index (χ1) is 14.0. The maximum atomic E-state index is 12.7. The first-order valence-electron chi connectivity index (χ1n) is 9.93. The normalized spacial score (nSPS) is 20.2. The number of carboxylic acid groups (broad SMARTS) is 1. The number of carboxylic acids is 1. The van der Waals surface area contributed by atoms with Crippen LogP contribution >= 0.6 is 0 Å². The summed E-state index contributed by atoms with van der Waals surface area (Å²) in [7, 11) is 0. The number of amides is 3. The van der Waals surface area contributed by atoms with Gasteiger partial charge in [0.15, 0.2) is 0 Å². The molecular formula is C20H28N4O5. The van der Waals surface area contributed by atoms with Crippen molar-refractivity contribution in [1.29, 1.82) is 0 Å². The molecule has 0 spiro atoms. The number of carbonyl (C=O) groups excluding carboxylic acids is 2. The number of morpholine rings is 1. The second-order valence-electron chi connectivity index (χ2n) is 7.40. The predicted molar refractivity (Wildman–Crippen MR) is 106 cm³/mol.